The number of aryl methyl sites for hydroxylation is 2. The Morgan fingerprint density at radius 2 is 1.92 bits per heavy atom. The molecule has 0 unspecified atom stereocenters. The summed E-state index contributed by atoms with van der Waals surface area (Å²) < 4.78 is 42.8. The predicted molar refractivity (Wildman–Crippen MR) is 136 cm³/mol. The molecule has 0 spiro atoms. The van der Waals surface area contributed by atoms with E-state index in [9.17, 15) is 18.0 Å². The van der Waals surface area contributed by atoms with Gasteiger partial charge in [0, 0.05) is 29.2 Å². The summed E-state index contributed by atoms with van der Waals surface area (Å²) in [5.74, 6) is -0.526. The highest BCUT2D eigenvalue weighted by Crippen LogP contribution is 2.34. The zero-order valence-electron chi connectivity index (χ0n) is 20.8. The van der Waals surface area contributed by atoms with E-state index in [0.717, 1.165) is 17.2 Å². The molecular formula is C27H27F3N6O. The summed E-state index contributed by atoms with van der Waals surface area (Å²) in [6, 6.07) is 12.6. The molecule has 0 aliphatic rings. The van der Waals surface area contributed by atoms with E-state index in [1.807, 2.05) is 32.0 Å². The number of hydrogen-bond acceptors (Lipinski definition) is 5. The van der Waals surface area contributed by atoms with Crippen molar-refractivity contribution in [2.24, 2.45) is 0 Å². The van der Waals surface area contributed by atoms with Gasteiger partial charge in [-0.1, -0.05) is 17.3 Å². The summed E-state index contributed by atoms with van der Waals surface area (Å²) in [6.07, 6.45) is 1.43. The SMILES string of the molecule is Cc1ccc(C(=O)Nc2ccc(CCCN(C)C)c(C(F)(F)F)c2)cc1-n1cc(-c2cccnc2)nn1. The number of carbonyl (C=O) groups is 1. The second kappa shape index (κ2) is 10.9. The van der Waals surface area contributed by atoms with E-state index in [0.29, 0.717) is 30.8 Å². The lowest BCUT2D eigenvalue weighted by atomic mass is 10.0. The highest BCUT2D eigenvalue weighted by molar-refractivity contribution is 6.04. The van der Waals surface area contributed by atoms with Crippen LogP contribution in [-0.2, 0) is 12.6 Å². The molecule has 0 saturated heterocycles. The van der Waals surface area contributed by atoms with Crippen molar-refractivity contribution in [2.75, 3.05) is 26.0 Å². The quantitative estimate of drug-likeness (QED) is 0.345. The van der Waals surface area contributed by atoms with Gasteiger partial charge in [0.15, 0.2) is 0 Å². The number of nitrogens with one attached hydrogen (secondary N) is 1. The van der Waals surface area contributed by atoms with Crippen molar-refractivity contribution in [2.45, 2.75) is 25.9 Å². The van der Waals surface area contributed by atoms with Gasteiger partial charge in [-0.15, -0.1) is 5.10 Å². The summed E-state index contributed by atoms with van der Waals surface area (Å²) in [5, 5.41) is 11.0. The monoisotopic (exact) mass is 508 g/mol. The number of pyridine rings is 1. The van der Waals surface area contributed by atoms with Crippen LogP contribution in [0.5, 0.6) is 0 Å². The van der Waals surface area contributed by atoms with Crippen LogP contribution in [0.15, 0.2) is 67.1 Å². The first-order valence-electron chi connectivity index (χ1n) is 11.7. The van der Waals surface area contributed by atoms with E-state index < -0.39 is 17.6 Å². The number of anilines is 1. The molecule has 4 aromatic rings. The summed E-state index contributed by atoms with van der Waals surface area (Å²) >= 11 is 0. The number of alkyl halides is 3. The molecule has 4 rings (SSSR count). The number of amides is 1. The van der Waals surface area contributed by atoms with Crippen molar-refractivity contribution in [3.8, 4) is 16.9 Å². The van der Waals surface area contributed by atoms with Crippen molar-refractivity contribution in [1.82, 2.24) is 24.9 Å². The first-order valence-corrected chi connectivity index (χ1v) is 11.7. The van der Waals surface area contributed by atoms with Crippen molar-refractivity contribution >= 4 is 11.6 Å². The second-order valence-corrected chi connectivity index (χ2v) is 9.02. The minimum atomic E-state index is -4.52. The molecule has 2 aromatic carbocycles. The van der Waals surface area contributed by atoms with Crippen LogP contribution in [0.25, 0.3) is 16.9 Å². The number of nitrogens with zero attached hydrogens (tertiary/aromatic N) is 5. The van der Waals surface area contributed by atoms with Crippen molar-refractivity contribution in [3.63, 3.8) is 0 Å². The second-order valence-electron chi connectivity index (χ2n) is 9.02. The van der Waals surface area contributed by atoms with E-state index in [1.54, 1.807) is 47.5 Å². The van der Waals surface area contributed by atoms with Gasteiger partial charge in [-0.05, 0) is 87.9 Å². The summed E-state index contributed by atoms with van der Waals surface area (Å²) in [4.78, 5) is 19.0. The fourth-order valence-electron chi connectivity index (χ4n) is 3.95. The summed E-state index contributed by atoms with van der Waals surface area (Å²) in [6.45, 7) is 2.55. The Morgan fingerprint density at radius 1 is 1.11 bits per heavy atom. The lowest BCUT2D eigenvalue weighted by molar-refractivity contribution is -0.138. The normalized spacial score (nSPS) is 11.6. The molecule has 7 nitrogen and oxygen atoms in total. The van der Waals surface area contributed by atoms with Gasteiger partial charge in [0.05, 0.1) is 17.4 Å². The van der Waals surface area contributed by atoms with Crippen LogP contribution in [0.3, 0.4) is 0 Å². The molecule has 0 atom stereocenters. The number of aromatic nitrogens is 4. The standard InChI is InChI=1S/C27H27F3N6O/c1-18-8-9-20(14-25(18)36-17-24(33-34-36)21-6-4-12-31-16-21)26(37)32-22-11-10-19(7-5-13-35(2)3)23(15-22)27(28,29)30/h4,6,8-12,14-17H,5,7,13H2,1-3H3,(H,32,37). The molecule has 1 N–H and O–H groups in total. The molecule has 37 heavy (non-hydrogen) atoms. The van der Waals surface area contributed by atoms with Crippen molar-refractivity contribution in [1.29, 1.82) is 0 Å². The Morgan fingerprint density at radius 3 is 2.62 bits per heavy atom. The van der Waals surface area contributed by atoms with Crippen LogP contribution in [0.1, 0.15) is 33.5 Å². The summed E-state index contributed by atoms with van der Waals surface area (Å²) in [5.41, 5.74) is 2.72. The maximum atomic E-state index is 13.7. The highest BCUT2D eigenvalue weighted by Gasteiger charge is 2.33. The third-order valence-electron chi connectivity index (χ3n) is 5.89. The number of hydrogen-bond donors (Lipinski definition) is 1. The van der Waals surface area contributed by atoms with Gasteiger partial charge in [-0.2, -0.15) is 13.2 Å². The van der Waals surface area contributed by atoms with Crippen LogP contribution < -0.4 is 5.32 Å². The highest BCUT2D eigenvalue weighted by atomic mass is 19.4. The van der Waals surface area contributed by atoms with Gasteiger partial charge in [0.1, 0.15) is 5.69 Å². The largest absolute Gasteiger partial charge is 0.416 e. The van der Waals surface area contributed by atoms with E-state index in [4.69, 9.17) is 0 Å². The molecule has 2 heterocycles. The van der Waals surface area contributed by atoms with Gasteiger partial charge < -0.3 is 10.2 Å². The lowest BCUT2D eigenvalue weighted by Gasteiger charge is -2.16. The third kappa shape index (κ3) is 6.39. The Balaban J connectivity index is 1.55. The van der Waals surface area contributed by atoms with Gasteiger partial charge in [0.25, 0.3) is 5.91 Å². The smallest absolute Gasteiger partial charge is 0.322 e. The van der Waals surface area contributed by atoms with Crippen molar-refractivity contribution in [3.05, 3.63) is 89.4 Å². The molecule has 1 amide bonds. The average Bonchev–Trinajstić information content (AvgIpc) is 3.35. The molecule has 2 aromatic heterocycles. The van der Waals surface area contributed by atoms with Gasteiger partial charge in [-0.25, -0.2) is 4.68 Å². The minimum Gasteiger partial charge on any atom is -0.322 e. The fraction of sp³-hybridized carbons (Fsp3) is 0.259. The molecule has 0 radical (unpaired) electrons. The van der Waals surface area contributed by atoms with Crippen LogP contribution >= 0.6 is 0 Å². The Hall–Kier alpha value is -4.05. The molecule has 192 valence electrons. The maximum Gasteiger partial charge on any atom is 0.416 e. The first-order chi connectivity index (χ1) is 17.6. The van der Waals surface area contributed by atoms with Crippen LogP contribution in [0.4, 0.5) is 18.9 Å². The molecule has 0 saturated carbocycles. The molecule has 0 aliphatic heterocycles. The number of carbonyl (C=O) groups excluding carboxylic acids is 1. The Bertz CT molecular complexity index is 1380. The maximum absolute atomic E-state index is 13.7. The van der Waals surface area contributed by atoms with Gasteiger partial charge in [0.2, 0.25) is 0 Å². The third-order valence-corrected chi connectivity index (χ3v) is 5.89. The summed E-state index contributed by atoms with van der Waals surface area (Å²) in [7, 11) is 3.75. The molecule has 10 heteroatoms. The van der Waals surface area contributed by atoms with E-state index in [-0.39, 0.29) is 16.8 Å². The zero-order valence-corrected chi connectivity index (χ0v) is 20.8. The topological polar surface area (TPSA) is 75.9 Å². The lowest BCUT2D eigenvalue weighted by Crippen LogP contribution is -2.16. The van der Waals surface area contributed by atoms with Crippen LogP contribution in [0.2, 0.25) is 0 Å². The van der Waals surface area contributed by atoms with Crippen LogP contribution in [0, 0.1) is 6.92 Å². The number of halogens is 3. The minimum absolute atomic E-state index is 0.0791. The van der Waals surface area contributed by atoms with Crippen LogP contribution in [-0.4, -0.2) is 51.4 Å². The molecular weight excluding hydrogens is 481 g/mol. The number of rotatable bonds is 8. The van der Waals surface area contributed by atoms with E-state index >= 15 is 0 Å². The van der Waals surface area contributed by atoms with E-state index in [2.05, 4.69) is 20.6 Å². The average molecular weight is 509 g/mol. The van der Waals surface area contributed by atoms with E-state index in [1.165, 1.54) is 12.1 Å². The molecule has 0 bridgehead atoms. The zero-order chi connectivity index (χ0) is 26.6. The molecule has 0 aliphatic carbocycles. The number of benzene rings is 2. The van der Waals surface area contributed by atoms with Gasteiger partial charge >= 0.3 is 6.18 Å². The van der Waals surface area contributed by atoms with Crippen molar-refractivity contribution < 1.29 is 18.0 Å². The molecule has 0 fully saturated rings. The Kier molecular flexibility index (Phi) is 7.68. The first kappa shape index (κ1) is 26.0. The van der Waals surface area contributed by atoms with Gasteiger partial charge in [-0.3, -0.25) is 9.78 Å². The fourth-order valence-corrected chi connectivity index (χ4v) is 3.95. The predicted octanol–water partition coefficient (Wildman–Crippen LogP) is 5.40. The Labute approximate surface area is 213 Å².